The molecule has 7 heteroatoms. The molecule has 2 aromatic rings. The summed E-state index contributed by atoms with van der Waals surface area (Å²) in [5.74, 6) is 1.56. The maximum absolute atomic E-state index is 5.45. The molecule has 0 unspecified atom stereocenters. The first-order valence-corrected chi connectivity index (χ1v) is 8.21. The minimum absolute atomic E-state index is 0.644. The summed E-state index contributed by atoms with van der Waals surface area (Å²) in [4.78, 5) is 10.8. The number of hydrogen-bond donors (Lipinski definition) is 1. The highest BCUT2D eigenvalue weighted by atomic mass is 16.5. The highest BCUT2D eigenvalue weighted by Gasteiger charge is 2.19. The van der Waals surface area contributed by atoms with E-state index in [0.717, 1.165) is 41.3 Å². The molecule has 3 heterocycles. The lowest BCUT2D eigenvalue weighted by atomic mass is 10.2. The molecule has 2 N–H and O–H groups in total. The van der Waals surface area contributed by atoms with Crippen LogP contribution in [0, 0.1) is 0 Å². The Morgan fingerprint density at radius 1 is 1.28 bits per heavy atom. The number of anilines is 1. The smallest absolute Gasteiger partial charge is 0.179 e. The van der Waals surface area contributed by atoms with Gasteiger partial charge in [-0.1, -0.05) is 6.58 Å². The van der Waals surface area contributed by atoms with Crippen molar-refractivity contribution in [3.05, 3.63) is 36.4 Å². The average Bonchev–Trinajstić information content (AvgIpc) is 3.08. The zero-order valence-corrected chi connectivity index (χ0v) is 15.2. The molecule has 0 aromatic carbocycles. The lowest BCUT2D eigenvalue weighted by Gasteiger charge is -2.28. The van der Waals surface area contributed by atoms with E-state index in [1.54, 1.807) is 6.20 Å². The minimum atomic E-state index is 0.644. The first kappa shape index (κ1) is 18.8. The maximum Gasteiger partial charge on any atom is 0.179 e. The zero-order valence-electron chi connectivity index (χ0n) is 15.2. The Morgan fingerprint density at radius 3 is 2.56 bits per heavy atom. The fourth-order valence-electron chi connectivity index (χ4n) is 2.67. The third kappa shape index (κ3) is 3.94. The highest BCUT2D eigenvalue weighted by molar-refractivity contribution is 5.75. The van der Waals surface area contributed by atoms with E-state index in [1.807, 2.05) is 30.5 Å². The van der Waals surface area contributed by atoms with E-state index in [4.69, 9.17) is 9.72 Å². The van der Waals surface area contributed by atoms with Gasteiger partial charge in [0.15, 0.2) is 11.6 Å². The Morgan fingerprint density at radius 2 is 1.96 bits per heavy atom. The molecule has 1 aliphatic rings. The van der Waals surface area contributed by atoms with Gasteiger partial charge in [0.1, 0.15) is 5.52 Å². The van der Waals surface area contributed by atoms with Crippen LogP contribution in [0.25, 0.3) is 16.7 Å². The van der Waals surface area contributed by atoms with Crippen LogP contribution in [0.4, 0.5) is 5.82 Å². The van der Waals surface area contributed by atoms with Gasteiger partial charge in [-0.2, -0.15) is 0 Å². The Hall–Kier alpha value is -2.51. The summed E-state index contributed by atoms with van der Waals surface area (Å²) in [5.41, 5.74) is 8.30. The van der Waals surface area contributed by atoms with Crippen molar-refractivity contribution in [3.63, 3.8) is 0 Å². The Kier molecular flexibility index (Phi) is 6.44. The largest absolute Gasteiger partial charge is 0.378 e. The van der Waals surface area contributed by atoms with Gasteiger partial charge in [-0.3, -0.25) is 4.99 Å². The first-order chi connectivity index (χ1) is 12.1. The predicted molar refractivity (Wildman–Crippen MR) is 104 cm³/mol. The number of ether oxygens (including phenoxy) is 1. The lowest BCUT2D eigenvalue weighted by Crippen LogP contribution is -2.37. The maximum atomic E-state index is 5.45. The van der Waals surface area contributed by atoms with Crippen LogP contribution in [0.5, 0.6) is 0 Å². The number of morpholine rings is 1. The van der Waals surface area contributed by atoms with Crippen molar-refractivity contribution in [2.75, 3.05) is 38.3 Å². The molecule has 134 valence electrons. The van der Waals surface area contributed by atoms with E-state index in [1.165, 1.54) is 7.05 Å². The Bertz CT molecular complexity index is 786. The molecule has 3 rings (SSSR count). The van der Waals surface area contributed by atoms with Gasteiger partial charge in [0.2, 0.25) is 0 Å². The summed E-state index contributed by atoms with van der Waals surface area (Å²) in [6.07, 6.45) is 1.67. The van der Waals surface area contributed by atoms with Gasteiger partial charge in [-0.15, -0.1) is 5.10 Å². The monoisotopic (exact) mass is 342 g/mol. The molecular weight excluding hydrogens is 316 g/mol. The average molecular weight is 342 g/mol. The lowest BCUT2D eigenvalue weighted by molar-refractivity contribution is 0.122. The van der Waals surface area contributed by atoms with E-state index < -0.39 is 0 Å². The van der Waals surface area contributed by atoms with E-state index >= 15 is 0 Å². The Labute approximate surface area is 148 Å². The normalized spacial score (nSPS) is 14.9. The van der Waals surface area contributed by atoms with Crippen LogP contribution in [-0.4, -0.2) is 54.7 Å². The van der Waals surface area contributed by atoms with Crippen LogP contribution in [0.15, 0.2) is 29.9 Å². The van der Waals surface area contributed by atoms with Crippen LogP contribution in [0.1, 0.15) is 25.4 Å². The van der Waals surface area contributed by atoms with Gasteiger partial charge in [0, 0.05) is 24.9 Å². The number of fused-ring (bicyclic) bond motifs is 1. The molecule has 0 spiro atoms. The number of rotatable bonds is 4. The topological polar surface area (TPSA) is 81.0 Å². The van der Waals surface area contributed by atoms with Crippen LogP contribution in [0.3, 0.4) is 0 Å². The van der Waals surface area contributed by atoms with Gasteiger partial charge in [0.05, 0.1) is 18.9 Å². The molecule has 0 bridgehead atoms. The molecule has 0 aliphatic carbocycles. The number of aromatic nitrogens is 3. The van der Waals surface area contributed by atoms with Crippen molar-refractivity contribution in [3.8, 4) is 0 Å². The molecule has 1 aliphatic heterocycles. The number of aliphatic imine (C=N–C) groups is 1. The Balaban J connectivity index is 0.00000109. The third-order valence-corrected chi connectivity index (χ3v) is 3.88. The summed E-state index contributed by atoms with van der Waals surface area (Å²) in [7, 11) is 1.50. The van der Waals surface area contributed by atoms with Crippen molar-refractivity contribution in [2.24, 2.45) is 10.7 Å². The van der Waals surface area contributed by atoms with Gasteiger partial charge in [-0.05, 0) is 45.3 Å². The summed E-state index contributed by atoms with van der Waals surface area (Å²) >= 11 is 0. The van der Waals surface area contributed by atoms with Crippen molar-refractivity contribution in [1.29, 1.82) is 0 Å². The first-order valence-electron chi connectivity index (χ1n) is 8.21. The summed E-state index contributed by atoms with van der Waals surface area (Å²) in [5, 5.41) is 4.66. The third-order valence-electron chi connectivity index (χ3n) is 3.88. The number of nitrogens with two attached hydrogens (primary N) is 1. The number of nitrogens with zero attached hydrogens (tertiary/aromatic N) is 5. The molecule has 25 heavy (non-hydrogen) atoms. The molecule has 7 nitrogen and oxygen atoms in total. The van der Waals surface area contributed by atoms with Gasteiger partial charge < -0.3 is 15.4 Å². The van der Waals surface area contributed by atoms with Crippen LogP contribution in [0.2, 0.25) is 0 Å². The standard InChI is InChI=1S/C17H21N5O.CH5N/c1-12(2)14-5-6-15-17(21-7-9-23-10-8-21)19-16(20-22(14)15)13(3)11-18-4;1-2/h5-6,11H,1,4,7-10H2,2-3H3;2H2,1H3/b13-11+;. The molecule has 0 saturated carbocycles. The summed E-state index contributed by atoms with van der Waals surface area (Å²) in [6.45, 7) is 14.5. The molecule has 2 aromatic heterocycles. The molecule has 0 atom stereocenters. The van der Waals surface area contributed by atoms with Crippen molar-refractivity contribution in [2.45, 2.75) is 13.8 Å². The van der Waals surface area contributed by atoms with Gasteiger partial charge in [0.25, 0.3) is 0 Å². The summed E-state index contributed by atoms with van der Waals surface area (Å²) < 4.78 is 7.36. The molecule has 1 saturated heterocycles. The van der Waals surface area contributed by atoms with Crippen molar-refractivity contribution < 1.29 is 4.74 Å². The molecule has 0 radical (unpaired) electrons. The second kappa shape index (κ2) is 8.55. The quantitative estimate of drug-likeness (QED) is 0.862. The highest BCUT2D eigenvalue weighted by Crippen LogP contribution is 2.26. The SMILES string of the molecule is C=N/C=C(\C)c1nc(N2CCOCC2)c2ccc(C(=C)C)n2n1.CN. The van der Waals surface area contributed by atoms with Crippen molar-refractivity contribution >= 4 is 29.2 Å². The second-order valence-corrected chi connectivity index (χ2v) is 5.65. The molecule has 0 amide bonds. The van der Waals surface area contributed by atoms with E-state index in [9.17, 15) is 0 Å². The van der Waals surface area contributed by atoms with Crippen molar-refractivity contribution in [1.82, 2.24) is 14.6 Å². The fraction of sp³-hybridized carbons (Fsp3) is 0.389. The summed E-state index contributed by atoms with van der Waals surface area (Å²) in [6, 6.07) is 4.08. The fourth-order valence-corrected chi connectivity index (χ4v) is 2.67. The van der Waals surface area contributed by atoms with Crippen LogP contribution >= 0.6 is 0 Å². The predicted octanol–water partition coefficient (Wildman–Crippen LogP) is 2.24. The van der Waals surface area contributed by atoms with Gasteiger partial charge >= 0.3 is 0 Å². The number of hydrogen-bond acceptors (Lipinski definition) is 6. The minimum Gasteiger partial charge on any atom is -0.378 e. The van der Waals surface area contributed by atoms with Gasteiger partial charge in [-0.25, -0.2) is 9.50 Å². The second-order valence-electron chi connectivity index (χ2n) is 5.65. The van der Waals surface area contributed by atoms with Crippen LogP contribution < -0.4 is 10.6 Å². The van der Waals surface area contributed by atoms with Crippen LogP contribution in [-0.2, 0) is 4.74 Å². The van der Waals surface area contributed by atoms with E-state index in [2.05, 4.69) is 34.0 Å². The molecular formula is C18H26N6O. The van der Waals surface area contributed by atoms with E-state index in [0.29, 0.717) is 19.0 Å². The van der Waals surface area contributed by atoms with E-state index in [-0.39, 0.29) is 0 Å². The zero-order chi connectivity index (χ0) is 18.4. The molecule has 1 fully saturated rings. The number of allylic oxidation sites excluding steroid dienone is 2.